The van der Waals surface area contributed by atoms with Gasteiger partial charge in [0.1, 0.15) is 12.1 Å². The number of nitrogens with one attached hydrogen (secondary N) is 2. The van der Waals surface area contributed by atoms with Crippen LogP contribution < -0.4 is 10.6 Å². The Morgan fingerprint density at radius 2 is 1.25 bits per heavy atom. The van der Waals surface area contributed by atoms with Crippen LogP contribution in [0.2, 0.25) is 0 Å². The molecule has 2 N–H and O–H groups in total. The minimum Gasteiger partial charge on any atom is -0.468 e. The standard InChI is InChI=1S/C16H32N2O4S2/c1-10(2)17-13(15(19)21-7)8-23-24-9-14(18-11(3)4)16(20)22-12(5)6/h10-14,17-18H,8-9H2,1-7H3. The summed E-state index contributed by atoms with van der Waals surface area (Å²) in [5, 5.41) is 6.41. The van der Waals surface area contributed by atoms with Gasteiger partial charge >= 0.3 is 11.9 Å². The van der Waals surface area contributed by atoms with Gasteiger partial charge in [0.2, 0.25) is 0 Å². The SMILES string of the molecule is COC(=O)C(CSSCC(NC(C)C)C(=O)OC(C)C)NC(C)C. The minimum absolute atomic E-state index is 0.134. The maximum Gasteiger partial charge on any atom is 0.324 e. The molecule has 0 amide bonds. The van der Waals surface area contributed by atoms with Crippen LogP contribution in [0.5, 0.6) is 0 Å². The van der Waals surface area contributed by atoms with E-state index in [4.69, 9.17) is 9.47 Å². The first-order valence-electron chi connectivity index (χ1n) is 8.22. The maximum atomic E-state index is 12.1. The molecular formula is C16H32N2O4S2. The Kier molecular flexibility index (Phi) is 12.6. The highest BCUT2D eigenvalue weighted by Gasteiger charge is 2.23. The summed E-state index contributed by atoms with van der Waals surface area (Å²) >= 11 is 0. The third-order valence-electron chi connectivity index (χ3n) is 2.74. The van der Waals surface area contributed by atoms with Gasteiger partial charge in [-0.3, -0.25) is 9.59 Å². The Morgan fingerprint density at radius 3 is 1.58 bits per heavy atom. The summed E-state index contributed by atoms with van der Waals surface area (Å²) in [7, 11) is 4.48. The molecule has 0 aliphatic heterocycles. The fourth-order valence-electron chi connectivity index (χ4n) is 1.86. The van der Waals surface area contributed by atoms with Crippen molar-refractivity contribution in [3.8, 4) is 0 Å². The second kappa shape index (κ2) is 12.9. The smallest absolute Gasteiger partial charge is 0.324 e. The van der Waals surface area contributed by atoms with Crippen LogP contribution in [0.3, 0.4) is 0 Å². The van der Waals surface area contributed by atoms with Crippen LogP contribution in [0.15, 0.2) is 0 Å². The van der Waals surface area contributed by atoms with E-state index >= 15 is 0 Å². The molecule has 0 saturated carbocycles. The zero-order chi connectivity index (χ0) is 18.7. The van der Waals surface area contributed by atoms with Crippen LogP contribution in [0.25, 0.3) is 0 Å². The number of esters is 2. The lowest BCUT2D eigenvalue weighted by Crippen LogP contribution is -2.44. The highest BCUT2D eigenvalue weighted by molar-refractivity contribution is 8.76. The molecular weight excluding hydrogens is 348 g/mol. The van der Waals surface area contributed by atoms with Gasteiger partial charge in [-0.05, 0) is 13.8 Å². The van der Waals surface area contributed by atoms with Gasteiger partial charge in [-0.1, -0.05) is 49.3 Å². The quantitative estimate of drug-likeness (QED) is 0.303. The normalized spacial score (nSPS) is 14.1. The van der Waals surface area contributed by atoms with E-state index in [1.54, 1.807) is 21.6 Å². The van der Waals surface area contributed by atoms with Gasteiger partial charge in [0.25, 0.3) is 0 Å². The fraction of sp³-hybridized carbons (Fsp3) is 0.875. The number of carbonyl (C=O) groups is 2. The average molecular weight is 381 g/mol. The Bertz CT molecular complexity index is 379. The van der Waals surface area contributed by atoms with Crippen molar-refractivity contribution in [3.05, 3.63) is 0 Å². The summed E-state index contributed by atoms with van der Waals surface area (Å²) in [5.74, 6) is 0.636. The number of rotatable bonds is 12. The Balaban J connectivity index is 4.42. The van der Waals surface area contributed by atoms with Crippen molar-refractivity contribution in [1.82, 2.24) is 10.6 Å². The molecule has 0 aromatic rings. The lowest BCUT2D eigenvalue weighted by atomic mass is 10.3. The molecule has 24 heavy (non-hydrogen) atoms. The van der Waals surface area contributed by atoms with Crippen molar-refractivity contribution in [2.24, 2.45) is 0 Å². The summed E-state index contributed by atoms with van der Waals surface area (Å²) < 4.78 is 10.1. The summed E-state index contributed by atoms with van der Waals surface area (Å²) in [4.78, 5) is 23.9. The van der Waals surface area contributed by atoms with Gasteiger partial charge in [-0.2, -0.15) is 0 Å². The number of ether oxygens (including phenoxy) is 2. The molecule has 8 heteroatoms. The summed E-state index contributed by atoms with van der Waals surface area (Å²) in [6.45, 7) is 11.6. The molecule has 6 nitrogen and oxygen atoms in total. The molecule has 0 heterocycles. The van der Waals surface area contributed by atoms with Crippen molar-refractivity contribution >= 4 is 33.5 Å². The molecule has 0 aromatic heterocycles. The van der Waals surface area contributed by atoms with E-state index in [-0.39, 0.29) is 42.2 Å². The van der Waals surface area contributed by atoms with E-state index in [1.807, 2.05) is 41.5 Å². The van der Waals surface area contributed by atoms with Crippen LogP contribution in [0, 0.1) is 0 Å². The molecule has 142 valence electrons. The monoisotopic (exact) mass is 380 g/mol. The van der Waals surface area contributed by atoms with Crippen LogP contribution in [-0.4, -0.2) is 60.8 Å². The number of carbonyl (C=O) groups excluding carboxylic acids is 2. The molecule has 0 bridgehead atoms. The van der Waals surface area contributed by atoms with Crippen LogP contribution in [0.1, 0.15) is 41.5 Å². The lowest BCUT2D eigenvalue weighted by molar-refractivity contribution is -0.149. The first-order chi connectivity index (χ1) is 11.2. The van der Waals surface area contributed by atoms with E-state index in [0.717, 1.165) is 0 Å². The van der Waals surface area contributed by atoms with Crippen LogP contribution in [-0.2, 0) is 19.1 Å². The zero-order valence-electron chi connectivity index (χ0n) is 15.8. The van der Waals surface area contributed by atoms with Gasteiger partial charge in [-0.25, -0.2) is 0 Å². The zero-order valence-corrected chi connectivity index (χ0v) is 17.4. The third kappa shape index (κ3) is 11.2. The first-order valence-corrected chi connectivity index (χ1v) is 10.7. The van der Waals surface area contributed by atoms with E-state index in [0.29, 0.717) is 11.5 Å². The summed E-state index contributed by atoms with van der Waals surface area (Å²) in [6, 6.07) is -0.340. The van der Waals surface area contributed by atoms with Crippen molar-refractivity contribution in [2.45, 2.75) is 71.8 Å². The van der Waals surface area contributed by atoms with Gasteiger partial charge in [0, 0.05) is 23.6 Å². The predicted octanol–water partition coefficient (Wildman–Crippen LogP) is 2.23. The second-order valence-corrected chi connectivity index (χ2v) is 8.88. The highest BCUT2D eigenvalue weighted by Crippen LogP contribution is 2.24. The number of hydrogen-bond acceptors (Lipinski definition) is 8. The Hall–Kier alpha value is -0.440. The van der Waals surface area contributed by atoms with Gasteiger partial charge in [0.05, 0.1) is 13.2 Å². The van der Waals surface area contributed by atoms with Crippen molar-refractivity contribution in [3.63, 3.8) is 0 Å². The van der Waals surface area contributed by atoms with Gasteiger partial charge in [-0.15, -0.1) is 0 Å². The predicted molar refractivity (Wildman–Crippen MR) is 102 cm³/mol. The summed E-state index contributed by atoms with van der Waals surface area (Å²) in [5.41, 5.74) is 0. The molecule has 0 aliphatic rings. The highest BCUT2D eigenvalue weighted by atomic mass is 33.1. The molecule has 0 rings (SSSR count). The first kappa shape index (κ1) is 23.6. The maximum absolute atomic E-state index is 12.1. The fourth-order valence-corrected chi connectivity index (χ4v) is 4.19. The largest absolute Gasteiger partial charge is 0.468 e. The topological polar surface area (TPSA) is 76.7 Å². The van der Waals surface area contributed by atoms with Crippen molar-refractivity contribution < 1.29 is 19.1 Å². The summed E-state index contributed by atoms with van der Waals surface area (Å²) in [6.07, 6.45) is -0.134. The molecule has 0 aliphatic carbocycles. The Labute approximate surface area is 154 Å². The molecule has 0 fully saturated rings. The third-order valence-corrected chi connectivity index (χ3v) is 5.17. The van der Waals surface area contributed by atoms with Gasteiger partial charge in [0.15, 0.2) is 0 Å². The van der Waals surface area contributed by atoms with E-state index in [1.165, 1.54) is 7.11 Å². The number of hydrogen-bond donors (Lipinski definition) is 2. The minimum atomic E-state index is -0.362. The van der Waals surface area contributed by atoms with Gasteiger partial charge < -0.3 is 20.1 Å². The van der Waals surface area contributed by atoms with E-state index < -0.39 is 0 Å². The molecule has 0 saturated heterocycles. The molecule has 2 atom stereocenters. The average Bonchev–Trinajstić information content (AvgIpc) is 2.46. The van der Waals surface area contributed by atoms with Crippen molar-refractivity contribution in [2.75, 3.05) is 18.6 Å². The van der Waals surface area contributed by atoms with Crippen LogP contribution >= 0.6 is 21.6 Å². The number of methoxy groups -OCH3 is 1. The molecule has 0 aromatic carbocycles. The second-order valence-electron chi connectivity index (χ2n) is 6.33. The Morgan fingerprint density at radius 1 is 0.833 bits per heavy atom. The van der Waals surface area contributed by atoms with Crippen molar-refractivity contribution in [1.29, 1.82) is 0 Å². The molecule has 0 spiro atoms. The molecule has 2 unspecified atom stereocenters. The molecule has 0 radical (unpaired) electrons. The lowest BCUT2D eigenvalue weighted by Gasteiger charge is -2.21. The van der Waals surface area contributed by atoms with E-state index in [2.05, 4.69) is 10.6 Å². The van der Waals surface area contributed by atoms with Crippen LogP contribution in [0.4, 0.5) is 0 Å². The van der Waals surface area contributed by atoms with E-state index in [9.17, 15) is 9.59 Å².